The molecule has 0 unspecified atom stereocenters. The molecule has 2 rings (SSSR count). The van der Waals surface area contributed by atoms with Gasteiger partial charge in [-0.05, 0) is 54.2 Å². The summed E-state index contributed by atoms with van der Waals surface area (Å²) in [5.41, 5.74) is 8.43. The van der Waals surface area contributed by atoms with Crippen molar-refractivity contribution in [2.45, 2.75) is 65.8 Å². The summed E-state index contributed by atoms with van der Waals surface area (Å²) in [5.74, 6) is 0.943. The Bertz CT molecular complexity index is 457. The molecular weight excluding hydrogens is 258 g/mol. The second-order valence-electron chi connectivity index (χ2n) is 8.39. The van der Waals surface area contributed by atoms with Gasteiger partial charge < -0.3 is 10.5 Å². The Balaban J connectivity index is 2.22. The van der Waals surface area contributed by atoms with Crippen LogP contribution in [0.3, 0.4) is 0 Å². The van der Waals surface area contributed by atoms with E-state index < -0.39 is 0 Å². The second kappa shape index (κ2) is 5.64. The summed E-state index contributed by atoms with van der Waals surface area (Å²) in [7, 11) is 0. The van der Waals surface area contributed by atoms with Crippen molar-refractivity contribution < 1.29 is 4.74 Å². The van der Waals surface area contributed by atoms with Gasteiger partial charge in [0.1, 0.15) is 5.75 Å². The smallest absolute Gasteiger partial charge is 0.119 e. The number of hydrogen-bond donors (Lipinski definition) is 1. The number of hydrogen-bond acceptors (Lipinski definition) is 2. The van der Waals surface area contributed by atoms with Crippen LogP contribution in [-0.4, -0.2) is 6.61 Å². The highest BCUT2D eigenvalue weighted by Gasteiger charge is 2.46. The summed E-state index contributed by atoms with van der Waals surface area (Å²) in [6, 6.07) is 8.44. The highest BCUT2D eigenvalue weighted by atomic mass is 16.5. The fraction of sp³-hybridized carbons (Fsp3) is 0.684. The van der Waals surface area contributed by atoms with Crippen molar-refractivity contribution in [3.63, 3.8) is 0 Å². The third-order valence-electron chi connectivity index (χ3n) is 4.45. The minimum Gasteiger partial charge on any atom is -0.494 e. The van der Waals surface area contributed by atoms with Crippen LogP contribution in [0.2, 0.25) is 0 Å². The Morgan fingerprint density at radius 1 is 0.952 bits per heavy atom. The van der Waals surface area contributed by atoms with Gasteiger partial charge in [0, 0.05) is 5.54 Å². The van der Waals surface area contributed by atoms with Crippen LogP contribution in [0.25, 0.3) is 0 Å². The first-order chi connectivity index (χ1) is 9.66. The topological polar surface area (TPSA) is 35.2 Å². The van der Waals surface area contributed by atoms with E-state index in [-0.39, 0.29) is 16.4 Å². The summed E-state index contributed by atoms with van der Waals surface area (Å²) < 4.78 is 5.67. The monoisotopic (exact) mass is 289 g/mol. The summed E-state index contributed by atoms with van der Waals surface area (Å²) in [6.07, 6.45) is 4.35. The van der Waals surface area contributed by atoms with Crippen LogP contribution in [0, 0.1) is 10.8 Å². The van der Waals surface area contributed by atoms with Gasteiger partial charge in [-0.2, -0.15) is 0 Å². The van der Waals surface area contributed by atoms with Gasteiger partial charge in [-0.1, -0.05) is 46.8 Å². The lowest BCUT2D eigenvalue weighted by atomic mass is 9.57. The van der Waals surface area contributed by atoms with E-state index in [9.17, 15) is 0 Å². The molecule has 1 fully saturated rings. The van der Waals surface area contributed by atoms with Crippen LogP contribution in [0.1, 0.15) is 65.9 Å². The van der Waals surface area contributed by atoms with E-state index >= 15 is 0 Å². The molecule has 21 heavy (non-hydrogen) atoms. The first-order valence-corrected chi connectivity index (χ1v) is 8.18. The fourth-order valence-corrected chi connectivity index (χ4v) is 4.50. The summed E-state index contributed by atoms with van der Waals surface area (Å²) in [5, 5.41) is 0. The van der Waals surface area contributed by atoms with Gasteiger partial charge in [-0.3, -0.25) is 0 Å². The molecule has 0 aromatic heterocycles. The summed E-state index contributed by atoms with van der Waals surface area (Å²) in [6.45, 7) is 12.3. The zero-order valence-corrected chi connectivity index (χ0v) is 14.3. The first-order valence-electron chi connectivity index (χ1n) is 8.18. The fourth-order valence-electron chi connectivity index (χ4n) is 4.50. The molecule has 118 valence electrons. The first kappa shape index (κ1) is 16.4. The third-order valence-corrected chi connectivity index (χ3v) is 4.45. The Labute approximate surface area is 130 Å². The Kier molecular flexibility index (Phi) is 4.39. The molecule has 0 atom stereocenters. The molecule has 1 aromatic rings. The van der Waals surface area contributed by atoms with Gasteiger partial charge in [0.25, 0.3) is 0 Å². The number of nitrogens with two attached hydrogens (primary N) is 1. The zero-order valence-electron chi connectivity index (χ0n) is 14.3. The van der Waals surface area contributed by atoms with Gasteiger partial charge in [-0.15, -0.1) is 0 Å². The highest BCUT2D eigenvalue weighted by molar-refractivity contribution is 5.33. The molecule has 1 aliphatic rings. The maximum atomic E-state index is 6.84. The Hall–Kier alpha value is -1.02. The van der Waals surface area contributed by atoms with E-state index in [0.717, 1.165) is 31.6 Å². The van der Waals surface area contributed by atoms with Gasteiger partial charge >= 0.3 is 0 Å². The second-order valence-corrected chi connectivity index (χ2v) is 8.39. The SMILES string of the molecule is CCCOc1ccc(C2(N)CC(C)(C)CC(C)(C)C2)cc1. The average Bonchev–Trinajstić information content (AvgIpc) is 2.32. The maximum Gasteiger partial charge on any atom is 0.119 e. The molecule has 0 radical (unpaired) electrons. The Morgan fingerprint density at radius 2 is 1.48 bits per heavy atom. The molecule has 1 aliphatic carbocycles. The van der Waals surface area contributed by atoms with Crippen molar-refractivity contribution in [1.82, 2.24) is 0 Å². The van der Waals surface area contributed by atoms with Crippen LogP contribution >= 0.6 is 0 Å². The lowest BCUT2D eigenvalue weighted by Crippen LogP contribution is -2.49. The molecule has 0 saturated heterocycles. The van der Waals surface area contributed by atoms with Crippen LogP contribution < -0.4 is 10.5 Å². The van der Waals surface area contributed by atoms with Gasteiger partial charge in [0.05, 0.1) is 6.61 Å². The predicted molar refractivity (Wildman–Crippen MR) is 89.5 cm³/mol. The molecular formula is C19H31NO. The molecule has 0 bridgehead atoms. The van der Waals surface area contributed by atoms with Crippen molar-refractivity contribution in [3.05, 3.63) is 29.8 Å². The van der Waals surface area contributed by atoms with E-state index in [2.05, 4.69) is 58.9 Å². The quantitative estimate of drug-likeness (QED) is 0.858. The van der Waals surface area contributed by atoms with Crippen molar-refractivity contribution in [2.75, 3.05) is 6.61 Å². The highest BCUT2D eigenvalue weighted by Crippen LogP contribution is 2.52. The van der Waals surface area contributed by atoms with Crippen molar-refractivity contribution >= 4 is 0 Å². The third kappa shape index (κ3) is 4.00. The minimum atomic E-state index is -0.228. The predicted octanol–water partition coefficient (Wildman–Crippen LogP) is 4.87. The zero-order chi connectivity index (χ0) is 15.7. The number of benzene rings is 1. The largest absolute Gasteiger partial charge is 0.494 e. The molecule has 2 nitrogen and oxygen atoms in total. The normalized spacial score (nSPS) is 22.8. The van der Waals surface area contributed by atoms with E-state index in [0.29, 0.717) is 0 Å². The van der Waals surface area contributed by atoms with Gasteiger partial charge in [0.15, 0.2) is 0 Å². The van der Waals surface area contributed by atoms with Crippen LogP contribution in [0.15, 0.2) is 24.3 Å². The van der Waals surface area contributed by atoms with Gasteiger partial charge in [0.2, 0.25) is 0 Å². The van der Waals surface area contributed by atoms with E-state index in [1.165, 1.54) is 12.0 Å². The van der Waals surface area contributed by atoms with Crippen LogP contribution in [0.4, 0.5) is 0 Å². The summed E-state index contributed by atoms with van der Waals surface area (Å²) in [4.78, 5) is 0. The van der Waals surface area contributed by atoms with Crippen LogP contribution in [0.5, 0.6) is 5.75 Å². The van der Waals surface area contributed by atoms with Crippen LogP contribution in [-0.2, 0) is 5.54 Å². The lowest BCUT2D eigenvalue weighted by molar-refractivity contribution is 0.0470. The van der Waals surface area contributed by atoms with Crippen molar-refractivity contribution in [1.29, 1.82) is 0 Å². The maximum absolute atomic E-state index is 6.84. The standard InChI is InChI=1S/C19H31NO/c1-6-11-21-16-9-7-15(8-10-16)19(20)13-17(2,3)12-18(4,5)14-19/h7-10H,6,11-14,20H2,1-5H3. The molecule has 0 aliphatic heterocycles. The molecule has 1 saturated carbocycles. The number of ether oxygens (including phenoxy) is 1. The number of rotatable bonds is 4. The van der Waals surface area contributed by atoms with Gasteiger partial charge in [-0.25, -0.2) is 0 Å². The van der Waals surface area contributed by atoms with E-state index in [1.807, 2.05) is 0 Å². The molecule has 0 amide bonds. The lowest BCUT2D eigenvalue weighted by Gasteiger charge is -2.50. The average molecular weight is 289 g/mol. The van der Waals surface area contributed by atoms with Crippen molar-refractivity contribution in [2.24, 2.45) is 16.6 Å². The van der Waals surface area contributed by atoms with Crippen molar-refractivity contribution in [3.8, 4) is 5.75 Å². The molecule has 2 N–H and O–H groups in total. The minimum absolute atomic E-state index is 0.228. The summed E-state index contributed by atoms with van der Waals surface area (Å²) >= 11 is 0. The molecule has 2 heteroatoms. The Morgan fingerprint density at radius 3 is 1.95 bits per heavy atom. The molecule has 1 aromatic carbocycles. The molecule has 0 spiro atoms. The van der Waals surface area contributed by atoms with E-state index in [1.54, 1.807) is 0 Å². The van der Waals surface area contributed by atoms with E-state index in [4.69, 9.17) is 10.5 Å². The molecule has 0 heterocycles.